The Kier molecular flexibility index (Phi) is 3.53. The van der Waals surface area contributed by atoms with Crippen molar-refractivity contribution >= 4 is 0 Å². The molecule has 1 atom stereocenters. The SMILES string of the molecule is Cc1ccc(C(O)Cn2nc(C)cc2C)c(C)c1. The van der Waals surface area contributed by atoms with E-state index in [1.165, 1.54) is 5.56 Å². The van der Waals surface area contributed by atoms with Crippen molar-refractivity contribution < 1.29 is 5.11 Å². The molecule has 18 heavy (non-hydrogen) atoms. The second kappa shape index (κ2) is 4.94. The third kappa shape index (κ3) is 2.62. The van der Waals surface area contributed by atoms with Crippen LogP contribution in [0.3, 0.4) is 0 Å². The highest BCUT2D eigenvalue weighted by Crippen LogP contribution is 2.21. The second-order valence-electron chi connectivity index (χ2n) is 4.99. The van der Waals surface area contributed by atoms with Gasteiger partial charge in [0, 0.05) is 5.69 Å². The number of benzene rings is 1. The lowest BCUT2D eigenvalue weighted by molar-refractivity contribution is 0.150. The molecule has 3 heteroatoms. The zero-order valence-corrected chi connectivity index (χ0v) is 11.4. The molecule has 1 aromatic carbocycles. The molecule has 0 amide bonds. The summed E-state index contributed by atoms with van der Waals surface area (Å²) in [6.07, 6.45) is -0.511. The lowest BCUT2D eigenvalue weighted by Gasteiger charge is -2.15. The van der Waals surface area contributed by atoms with Crippen molar-refractivity contribution in [3.05, 3.63) is 52.3 Å². The summed E-state index contributed by atoms with van der Waals surface area (Å²) in [6.45, 7) is 8.57. The van der Waals surface area contributed by atoms with E-state index in [1.54, 1.807) is 0 Å². The first kappa shape index (κ1) is 12.8. The summed E-state index contributed by atoms with van der Waals surface area (Å²) in [4.78, 5) is 0. The molecule has 0 spiro atoms. The van der Waals surface area contributed by atoms with Crippen LogP contribution in [0.25, 0.3) is 0 Å². The van der Waals surface area contributed by atoms with Crippen LogP contribution in [0.1, 0.15) is 34.2 Å². The Morgan fingerprint density at radius 2 is 1.89 bits per heavy atom. The van der Waals surface area contributed by atoms with Crippen molar-refractivity contribution in [2.45, 2.75) is 40.3 Å². The van der Waals surface area contributed by atoms with Crippen LogP contribution in [0.15, 0.2) is 24.3 Å². The summed E-state index contributed by atoms with van der Waals surface area (Å²) >= 11 is 0. The van der Waals surface area contributed by atoms with Gasteiger partial charge in [0.2, 0.25) is 0 Å². The van der Waals surface area contributed by atoms with Crippen molar-refractivity contribution in [2.75, 3.05) is 0 Å². The average Bonchev–Trinajstić information content (AvgIpc) is 2.57. The number of hydrogen-bond donors (Lipinski definition) is 1. The summed E-state index contributed by atoms with van der Waals surface area (Å²) in [5, 5.41) is 14.7. The minimum absolute atomic E-state index is 0.504. The lowest BCUT2D eigenvalue weighted by atomic mass is 10.0. The zero-order chi connectivity index (χ0) is 13.3. The minimum atomic E-state index is -0.511. The highest BCUT2D eigenvalue weighted by Gasteiger charge is 2.13. The number of hydrogen-bond acceptors (Lipinski definition) is 2. The molecule has 0 aliphatic rings. The molecule has 0 radical (unpaired) electrons. The fourth-order valence-corrected chi connectivity index (χ4v) is 2.32. The Labute approximate surface area is 108 Å². The fourth-order valence-electron chi connectivity index (χ4n) is 2.32. The number of aryl methyl sites for hydroxylation is 4. The van der Waals surface area contributed by atoms with Crippen LogP contribution in [0.5, 0.6) is 0 Å². The van der Waals surface area contributed by atoms with Crippen molar-refractivity contribution in [3.8, 4) is 0 Å². The standard InChI is InChI=1S/C15H20N2O/c1-10-5-6-14(11(2)7-10)15(18)9-17-13(4)8-12(3)16-17/h5-8,15,18H,9H2,1-4H3. The van der Waals surface area contributed by atoms with E-state index in [9.17, 15) is 5.11 Å². The highest BCUT2D eigenvalue weighted by atomic mass is 16.3. The summed E-state index contributed by atoms with van der Waals surface area (Å²) in [7, 11) is 0. The quantitative estimate of drug-likeness (QED) is 0.901. The number of nitrogens with zero attached hydrogens (tertiary/aromatic N) is 2. The van der Waals surface area contributed by atoms with Crippen molar-refractivity contribution in [1.82, 2.24) is 9.78 Å². The molecule has 0 saturated heterocycles. The summed E-state index contributed by atoms with van der Waals surface area (Å²) in [5.74, 6) is 0. The zero-order valence-electron chi connectivity index (χ0n) is 11.4. The van der Waals surface area contributed by atoms with Crippen molar-refractivity contribution in [1.29, 1.82) is 0 Å². The van der Waals surface area contributed by atoms with E-state index < -0.39 is 6.10 Å². The molecule has 2 rings (SSSR count). The topological polar surface area (TPSA) is 38.0 Å². The molecule has 0 aliphatic carbocycles. The third-order valence-electron chi connectivity index (χ3n) is 3.23. The van der Waals surface area contributed by atoms with E-state index in [4.69, 9.17) is 0 Å². The van der Waals surface area contributed by atoms with Crippen molar-refractivity contribution in [3.63, 3.8) is 0 Å². The maximum atomic E-state index is 10.3. The molecule has 96 valence electrons. The number of aromatic nitrogens is 2. The van der Waals surface area contributed by atoms with Gasteiger partial charge >= 0.3 is 0 Å². The monoisotopic (exact) mass is 244 g/mol. The summed E-state index contributed by atoms with van der Waals surface area (Å²) in [6, 6.07) is 8.16. The highest BCUT2D eigenvalue weighted by molar-refractivity contribution is 5.32. The van der Waals surface area contributed by atoms with Crippen LogP contribution in [-0.2, 0) is 6.54 Å². The largest absolute Gasteiger partial charge is 0.386 e. The van der Waals surface area contributed by atoms with E-state index in [0.29, 0.717) is 6.54 Å². The van der Waals surface area contributed by atoms with Gasteiger partial charge in [0.1, 0.15) is 0 Å². The Morgan fingerprint density at radius 3 is 2.44 bits per heavy atom. The van der Waals surface area contributed by atoms with Crippen LogP contribution >= 0.6 is 0 Å². The molecule has 3 nitrogen and oxygen atoms in total. The first-order chi connectivity index (χ1) is 8.47. The Bertz CT molecular complexity index is 558. The van der Waals surface area contributed by atoms with Crippen molar-refractivity contribution in [2.24, 2.45) is 0 Å². The summed E-state index contributed by atoms with van der Waals surface area (Å²) < 4.78 is 1.86. The van der Waals surface area contributed by atoms with Gasteiger partial charge in [-0.15, -0.1) is 0 Å². The Hall–Kier alpha value is -1.61. The van der Waals surface area contributed by atoms with E-state index >= 15 is 0 Å². The van der Waals surface area contributed by atoms with Crippen LogP contribution < -0.4 is 0 Å². The summed E-state index contributed by atoms with van der Waals surface area (Å²) in [5.41, 5.74) is 5.39. The van der Waals surface area contributed by atoms with Gasteiger partial charge < -0.3 is 5.11 Å². The number of aliphatic hydroxyl groups excluding tert-OH is 1. The molecule has 0 aliphatic heterocycles. The van der Waals surface area contributed by atoms with Gasteiger partial charge in [-0.05, 0) is 44.9 Å². The Balaban J connectivity index is 2.21. The van der Waals surface area contributed by atoms with Gasteiger partial charge in [0.25, 0.3) is 0 Å². The molecule has 0 saturated carbocycles. The van der Waals surface area contributed by atoms with Gasteiger partial charge in [-0.3, -0.25) is 4.68 Å². The first-order valence-corrected chi connectivity index (χ1v) is 6.23. The van der Waals surface area contributed by atoms with Gasteiger partial charge in [-0.25, -0.2) is 0 Å². The first-order valence-electron chi connectivity index (χ1n) is 6.23. The Morgan fingerprint density at radius 1 is 1.17 bits per heavy atom. The van der Waals surface area contributed by atoms with E-state index in [1.807, 2.05) is 43.7 Å². The maximum absolute atomic E-state index is 10.3. The predicted octanol–water partition coefficient (Wildman–Crippen LogP) is 2.85. The average molecular weight is 244 g/mol. The minimum Gasteiger partial charge on any atom is -0.386 e. The van der Waals surface area contributed by atoms with Gasteiger partial charge in [0.15, 0.2) is 0 Å². The molecule has 1 aromatic heterocycles. The molecule has 1 heterocycles. The van der Waals surface area contributed by atoms with Crippen LogP contribution in [0.4, 0.5) is 0 Å². The normalized spacial score (nSPS) is 12.7. The van der Waals surface area contributed by atoms with Crippen LogP contribution in [0, 0.1) is 27.7 Å². The van der Waals surface area contributed by atoms with Gasteiger partial charge in [-0.2, -0.15) is 5.10 Å². The van der Waals surface area contributed by atoms with E-state index in [-0.39, 0.29) is 0 Å². The number of aliphatic hydroxyl groups is 1. The predicted molar refractivity (Wildman–Crippen MR) is 72.6 cm³/mol. The molecule has 0 fully saturated rings. The molecule has 1 N–H and O–H groups in total. The van der Waals surface area contributed by atoms with E-state index in [2.05, 4.69) is 18.1 Å². The lowest BCUT2D eigenvalue weighted by Crippen LogP contribution is -2.12. The maximum Gasteiger partial charge on any atom is 0.0988 e. The van der Waals surface area contributed by atoms with E-state index in [0.717, 1.165) is 22.5 Å². The number of rotatable bonds is 3. The van der Waals surface area contributed by atoms with Crippen LogP contribution in [0.2, 0.25) is 0 Å². The molecule has 2 aromatic rings. The molecule has 1 unspecified atom stereocenters. The second-order valence-corrected chi connectivity index (χ2v) is 4.99. The fraction of sp³-hybridized carbons (Fsp3) is 0.400. The smallest absolute Gasteiger partial charge is 0.0988 e. The van der Waals surface area contributed by atoms with Gasteiger partial charge in [-0.1, -0.05) is 23.8 Å². The molecule has 0 bridgehead atoms. The molecular formula is C15H20N2O. The van der Waals surface area contributed by atoms with Crippen LogP contribution in [-0.4, -0.2) is 14.9 Å². The third-order valence-corrected chi connectivity index (χ3v) is 3.23. The van der Waals surface area contributed by atoms with Gasteiger partial charge in [0.05, 0.1) is 18.3 Å². The molecular weight excluding hydrogens is 224 g/mol.